The van der Waals surface area contributed by atoms with Gasteiger partial charge in [-0.1, -0.05) is 23.7 Å². The van der Waals surface area contributed by atoms with E-state index in [1.165, 1.54) is 0 Å². The Balaban J connectivity index is 2.28. The number of hydrogen-bond acceptors (Lipinski definition) is 4. The van der Waals surface area contributed by atoms with Gasteiger partial charge in [-0.25, -0.2) is 0 Å². The number of nitrogens with one attached hydrogen (secondary N) is 1. The van der Waals surface area contributed by atoms with Gasteiger partial charge in [-0.05, 0) is 31.0 Å². The molecule has 1 aromatic heterocycles. The molecule has 0 aliphatic rings. The number of aromatic nitrogens is 2. The molecule has 0 aliphatic heterocycles. The molecule has 5 nitrogen and oxygen atoms in total. The fourth-order valence-electron chi connectivity index (χ4n) is 2.24. The van der Waals surface area contributed by atoms with Crippen molar-refractivity contribution in [1.29, 1.82) is 0 Å². The second-order valence-corrected chi connectivity index (χ2v) is 5.04. The van der Waals surface area contributed by atoms with Crippen molar-refractivity contribution < 1.29 is 4.74 Å². The van der Waals surface area contributed by atoms with Crippen LogP contribution in [0.5, 0.6) is 5.75 Å². The molecule has 0 saturated heterocycles. The van der Waals surface area contributed by atoms with Crippen molar-refractivity contribution in [2.24, 2.45) is 12.9 Å². The van der Waals surface area contributed by atoms with Gasteiger partial charge in [0.1, 0.15) is 10.9 Å². The smallest absolute Gasteiger partial charge is 0.130 e. The molecule has 6 heteroatoms. The van der Waals surface area contributed by atoms with Crippen LogP contribution >= 0.6 is 11.6 Å². The second-order valence-electron chi connectivity index (χ2n) is 4.68. The third-order valence-electron chi connectivity index (χ3n) is 3.38. The molecule has 1 atom stereocenters. The number of nitrogens with two attached hydrogens (primary N) is 1. The highest BCUT2D eigenvalue weighted by Crippen LogP contribution is 2.27. The van der Waals surface area contributed by atoms with E-state index in [-0.39, 0.29) is 6.04 Å². The molecule has 1 aromatic carbocycles. The van der Waals surface area contributed by atoms with Crippen molar-refractivity contribution in [1.82, 2.24) is 15.2 Å². The zero-order chi connectivity index (χ0) is 14.7. The Kier molecular flexibility index (Phi) is 4.65. The Morgan fingerprint density at radius 1 is 1.50 bits per heavy atom. The molecular weight excluding hydrogens is 276 g/mol. The number of ether oxygens (including phenoxy) is 1. The monoisotopic (exact) mass is 294 g/mol. The molecule has 1 heterocycles. The van der Waals surface area contributed by atoms with Crippen LogP contribution in [0.15, 0.2) is 24.3 Å². The van der Waals surface area contributed by atoms with Crippen molar-refractivity contribution in [3.05, 3.63) is 46.2 Å². The number of hydrazine groups is 1. The first-order valence-corrected chi connectivity index (χ1v) is 6.72. The number of aryl methyl sites for hydroxylation is 2. The molecule has 0 saturated carbocycles. The predicted octanol–water partition coefficient (Wildman–Crippen LogP) is 2.14. The average Bonchev–Trinajstić information content (AvgIpc) is 2.70. The lowest BCUT2D eigenvalue weighted by Crippen LogP contribution is -2.29. The van der Waals surface area contributed by atoms with E-state index >= 15 is 0 Å². The molecule has 0 bridgehead atoms. The van der Waals surface area contributed by atoms with Crippen LogP contribution in [0, 0.1) is 6.92 Å². The first kappa shape index (κ1) is 14.8. The molecule has 0 amide bonds. The molecule has 0 fully saturated rings. The van der Waals surface area contributed by atoms with Crippen LogP contribution < -0.4 is 16.0 Å². The van der Waals surface area contributed by atoms with Crippen molar-refractivity contribution in [3.8, 4) is 5.75 Å². The first-order valence-electron chi connectivity index (χ1n) is 6.34. The maximum atomic E-state index is 6.27. The minimum atomic E-state index is -0.0505. The average molecular weight is 295 g/mol. The van der Waals surface area contributed by atoms with Gasteiger partial charge in [0.25, 0.3) is 0 Å². The van der Waals surface area contributed by atoms with Crippen LogP contribution in [0.1, 0.15) is 22.9 Å². The van der Waals surface area contributed by atoms with Crippen molar-refractivity contribution in [3.63, 3.8) is 0 Å². The van der Waals surface area contributed by atoms with E-state index in [1.807, 2.05) is 38.2 Å². The normalized spacial score (nSPS) is 12.4. The number of halogens is 1. The highest BCUT2D eigenvalue weighted by Gasteiger charge is 2.18. The summed E-state index contributed by atoms with van der Waals surface area (Å²) >= 11 is 6.27. The van der Waals surface area contributed by atoms with E-state index in [9.17, 15) is 0 Å². The van der Waals surface area contributed by atoms with E-state index < -0.39 is 0 Å². The standard InChI is InChI=1S/C14H19ClN4O/c1-9-12(14(15)19(2)18-9)8-13(17-16)10-5-4-6-11(7-10)20-3/h4-7,13,17H,8,16H2,1-3H3. The van der Waals surface area contributed by atoms with Gasteiger partial charge in [-0.3, -0.25) is 16.0 Å². The Morgan fingerprint density at radius 3 is 2.80 bits per heavy atom. The van der Waals surface area contributed by atoms with Gasteiger partial charge in [0, 0.05) is 12.6 Å². The molecule has 0 aliphatic carbocycles. The van der Waals surface area contributed by atoms with Gasteiger partial charge in [0.2, 0.25) is 0 Å². The maximum absolute atomic E-state index is 6.27. The lowest BCUT2D eigenvalue weighted by atomic mass is 9.99. The molecule has 3 N–H and O–H groups in total. The van der Waals surface area contributed by atoms with E-state index in [0.717, 1.165) is 22.6 Å². The fourth-order valence-corrected chi connectivity index (χ4v) is 2.49. The summed E-state index contributed by atoms with van der Waals surface area (Å²) in [6.45, 7) is 1.94. The Hall–Kier alpha value is -1.56. The van der Waals surface area contributed by atoms with Crippen LogP contribution in [-0.4, -0.2) is 16.9 Å². The summed E-state index contributed by atoms with van der Waals surface area (Å²) in [5.41, 5.74) is 5.80. The number of hydrogen-bond donors (Lipinski definition) is 2. The van der Waals surface area contributed by atoms with Gasteiger partial charge in [-0.2, -0.15) is 5.10 Å². The van der Waals surface area contributed by atoms with Crippen LogP contribution in [0.3, 0.4) is 0 Å². The van der Waals surface area contributed by atoms with Gasteiger partial charge < -0.3 is 4.74 Å². The van der Waals surface area contributed by atoms with Crippen LogP contribution in [0.2, 0.25) is 5.15 Å². The lowest BCUT2D eigenvalue weighted by molar-refractivity contribution is 0.413. The van der Waals surface area contributed by atoms with E-state index in [2.05, 4.69) is 10.5 Å². The van der Waals surface area contributed by atoms with Gasteiger partial charge in [0.15, 0.2) is 0 Å². The van der Waals surface area contributed by atoms with Gasteiger partial charge in [0.05, 0.1) is 18.8 Å². The van der Waals surface area contributed by atoms with Crippen LogP contribution in [0.4, 0.5) is 0 Å². The Bertz CT molecular complexity index is 597. The molecule has 0 spiro atoms. The van der Waals surface area contributed by atoms with Crippen LogP contribution in [-0.2, 0) is 13.5 Å². The van der Waals surface area contributed by atoms with Gasteiger partial charge in [-0.15, -0.1) is 0 Å². The van der Waals surface area contributed by atoms with Crippen molar-refractivity contribution in [2.45, 2.75) is 19.4 Å². The van der Waals surface area contributed by atoms with E-state index in [1.54, 1.807) is 11.8 Å². The maximum Gasteiger partial charge on any atom is 0.130 e. The highest BCUT2D eigenvalue weighted by atomic mass is 35.5. The largest absolute Gasteiger partial charge is 0.497 e. The van der Waals surface area contributed by atoms with Gasteiger partial charge >= 0.3 is 0 Å². The molecule has 20 heavy (non-hydrogen) atoms. The summed E-state index contributed by atoms with van der Waals surface area (Å²) in [6, 6.07) is 7.76. The summed E-state index contributed by atoms with van der Waals surface area (Å²) < 4.78 is 6.91. The number of benzene rings is 1. The summed E-state index contributed by atoms with van der Waals surface area (Å²) in [7, 11) is 3.47. The Labute approximate surface area is 123 Å². The third kappa shape index (κ3) is 2.95. The van der Waals surface area contributed by atoms with Crippen molar-refractivity contribution >= 4 is 11.6 Å². The fraction of sp³-hybridized carbons (Fsp3) is 0.357. The second kappa shape index (κ2) is 6.26. The topological polar surface area (TPSA) is 65.1 Å². The lowest BCUT2D eigenvalue weighted by Gasteiger charge is -2.17. The van der Waals surface area contributed by atoms with E-state index in [0.29, 0.717) is 11.6 Å². The zero-order valence-corrected chi connectivity index (χ0v) is 12.6. The number of rotatable bonds is 5. The van der Waals surface area contributed by atoms with Crippen LogP contribution in [0.25, 0.3) is 0 Å². The first-order chi connectivity index (χ1) is 9.56. The number of nitrogens with zero attached hydrogens (tertiary/aromatic N) is 2. The predicted molar refractivity (Wildman–Crippen MR) is 79.7 cm³/mol. The summed E-state index contributed by atoms with van der Waals surface area (Å²) in [5, 5.41) is 4.96. The molecule has 108 valence electrons. The number of methoxy groups -OCH3 is 1. The molecular formula is C14H19ClN4O. The highest BCUT2D eigenvalue weighted by molar-refractivity contribution is 6.30. The minimum Gasteiger partial charge on any atom is -0.497 e. The molecule has 2 rings (SSSR count). The van der Waals surface area contributed by atoms with Crippen molar-refractivity contribution in [2.75, 3.05) is 7.11 Å². The quantitative estimate of drug-likeness (QED) is 0.655. The SMILES string of the molecule is COc1cccc(C(Cc2c(C)nn(C)c2Cl)NN)c1. The third-order valence-corrected chi connectivity index (χ3v) is 3.85. The summed E-state index contributed by atoms with van der Waals surface area (Å²) in [4.78, 5) is 0. The van der Waals surface area contributed by atoms with E-state index in [4.69, 9.17) is 22.2 Å². The summed E-state index contributed by atoms with van der Waals surface area (Å²) in [5.74, 6) is 6.49. The molecule has 2 aromatic rings. The zero-order valence-electron chi connectivity index (χ0n) is 11.9. The Morgan fingerprint density at radius 2 is 2.25 bits per heavy atom. The molecule has 1 unspecified atom stereocenters. The molecule has 0 radical (unpaired) electrons. The minimum absolute atomic E-state index is 0.0505. The summed E-state index contributed by atoms with van der Waals surface area (Å²) in [6.07, 6.45) is 0.669.